The maximum Gasteiger partial charge on any atom is 0.241 e. The second-order valence-corrected chi connectivity index (χ2v) is 9.12. The zero-order valence-corrected chi connectivity index (χ0v) is 18.1. The van der Waals surface area contributed by atoms with Gasteiger partial charge in [-0.25, -0.2) is 4.39 Å². The van der Waals surface area contributed by atoms with Crippen molar-refractivity contribution in [2.45, 2.75) is 75.3 Å². The lowest BCUT2D eigenvalue weighted by atomic mass is 9.75. The fourth-order valence-corrected chi connectivity index (χ4v) is 5.49. The zero-order valence-electron chi connectivity index (χ0n) is 18.1. The number of ether oxygens (including phenoxy) is 1. The van der Waals surface area contributed by atoms with E-state index in [1.807, 2.05) is 0 Å². The Morgan fingerprint density at radius 1 is 1.13 bits per heavy atom. The lowest BCUT2D eigenvalue weighted by Crippen LogP contribution is -2.49. The molecule has 2 saturated heterocycles. The normalized spacial score (nSPS) is 27.7. The molecular weight excluding hydrogens is 399 g/mol. The highest BCUT2D eigenvalue weighted by atomic mass is 19.1. The van der Waals surface area contributed by atoms with Gasteiger partial charge in [0.1, 0.15) is 5.82 Å². The topological polar surface area (TPSA) is 66.9 Å². The summed E-state index contributed by atoms with van der Waals surface area (Å²) >= 11 is 0. The summed E-state index contributed by atoms with van der Waals surface area (Å²) in [6.45, 7) is 1.04. The van der Waals surface area contributed by atoms with Crippen molar-refractivity contribution in [3.63, 3.8) is 0 Å². The van der Waals surface area contributed by atoms with Crippen LogP contribution in [0.5, 0.6) is 0 Å². The molecule has 0 radical (unpaired) electrons. The Kier molecular flexibility index (Phi) is 6.42. The van der Waals surface area contributed by atoms with Crippen molar-refractivity contribution in [2.75, 3.05) is 20.2 Å². The lowest BCUT2D eigenvalue weighted by molar-refractivity contribution is -0.146. The number of carbonyl (C=O) groups excluding carboxylic acids is 3. The molecule has 1 aromatic rings. The van der Waals surface area contributed by atoms with Crippen molar-refractivity contribution in [2.24, 2.45) is 0 Å². The van der Waals surface area contributed by atoms with E-state index in [0.717, 1.165) is 44.9 Å². The van der Waals surface area contributed by atoms with Crippen LogP contribution >= 0.6 is 0 Å². The number of halogens is 1. The molecule has 6 nitrogen and oxygen atoms in total. The third-order valence-corrected chi connectivity index (χ3v) is 7.20. The fourth-order valence-electron chi connectivity index (χ4n) is 5.49. The molecule has 168 valence electrons. The van der Waals surface area contributed by atoms with Gasteiger partial charge in [0.25, 0.3) is 0 Å². The maximum absolute atomic E-state index is 14.9. The summed E-state index contributed by atoms with van der Waals surface area (Å²) < 4.78 is 20.4. The molecule has 7 heteroatoms. The van der Waals surface area contributed by atoms with Gasteiger partial charge in [-0.15, -0.1) is 0 Å². The van der Waals surface area contributed by atoms with Crippen LogP contribution in [0.15, 0.2) is 24.3 Å². The molecule has 1 saturated carbocycles. The number of carbonyl (C=O) groups is 3. The first-order chi connectivity index (χ1) is 15.0. The van der Waals surface area contributed by atoms with Gasteiger partial charge in [0.2, 0.25) is 17.7 Å². The van der Waals surface area contributed by atoms with Crippen LogP contribution in [0.3, 0.4) is 0 Å². The van der Waals surface area contributed by atoms with Gasteiger partial charge in [-0.2, -0.15) is 0 Å². The first-order valence-electron chi connectivity index (χ1n) is 11.4. The predicted molar refractivity (Wildman–Crippen MR) is 113 cm³/mol. The SMILES string of the molecule is CO[C@@H]1CCCN(C(=O)C[C@]2(c3ccccc3F)CC(=O)N(C3CCCCC3)C2=O)C1. The number of hydrogen-bond acceptors (Lipinski definition) is 4. The van der Waals surface area contributed by atoms with Crippen molar-refractivity contribution in [1.29, 1.82) is 0 Å². The number of methoxy groups -OCH3 is 1. The second kappa shape index (κ2) is 9.07. The first-order valence-corrected chi connectivity index (χ1v) is 11.4. The van der Waals surface area contributed by atoms with Gasteiger partial charge in [0.15, 0.2) is 0 Å². The zero-order chi connectivity index (χ0) is 22.0. The van der Waals surface area contributed by atoms with Crippen LogP contribution in [0, 0.1) is 5.82 Å². The minimum absolute atomic E-state index is 0.0400. The van der Waals surface area contributed by atoms with E-state index in [-0.39, 0.29) is 42.4 Å². The summed E-state index contributed by atoms with van der Waals surface area (Å²) in [6.07, 6.45) is 5.90. The monoisotopic (exact) mass is 430 g/mol. The smallest absolute Gasteiger partial charge is 0.241 e. The van der Waals surface area contributed by atoms with E-state index >= 15 is 0 Å². The molecule has 0 unspecified atom stereocenters. The van der Waals surface area contributed by atoms with E-state index < -0.39 is 17.1 Å². The Hall–Kier alpha value is -2.28. The molecule has 2 aliphatic heterocycles. The largest absolute Gasteiger partial charge is 0.380 e. The van der Waals surface area contributed by atoms with Crippen LogP contribution in [0.4, 0.5) is 4.39 Å². The van der Waals surface area contributed by atoms with Crippen LogP contribution in [-0.4, -0.2) is 59.9 Å². The third kappa shape index (κ3) is 4.12. The molecule has 0 N–H and O–H groups in total. The number of hydrogen-bond donors (Lipinski definition) is 0. The molecule has 3 amide bonds. The molecular formula is C24H31FN2O4. The Labute approximate surface area is 182 Å². The molecule has 2 atom stereocenters. The van der Waals surface area contributed by atoms with Crippen molar-refractivity contribution in [3.8, 4) is 0 Å². The van der Waals surface area contributed by atoms with Crippen LogP contribution in [0.1, 0.15) is 63.4 Å². The summed E-state index contributed by atoms with van der Waals surface area (Å²) in [5.41, 5.74) is -1.32. The minimum atomic E-state index is -1.48. The highest BCUT2D eigenvalue weighted by Gasteiger charge is 2.56. The number of benzene rings is 1. The Morgan fingerprint density at radius 2 is 1.87 bits per heavy atom. The Balaban J connectivity index is 1.66. The molecule has 0 spiro atoms. The van der Waals surface area contributed by atoms with Gasteiger partial charge in [0, 0.05) is 44.6 Å². The van der Waals surface area contributed by atoms with Crippen molar-refractivity contribution in [3.05, 3.63) is 35.6 Å². The average Bonchev–Trinajstić information content (AvgIpc) is 3.04. The average molecular weight is 431 g/mol. The van der Waals surface area contributed by atoms with Gasteiger partial charge in [-0.3, -0.25) is 19.3 Å². The molecule has 3 fully saturated rings. The molecule has 2 heterocycles. The highest BCUT2D eigenvalue weighted by molar-refractivity contribution is 6.11. The van der Waals surface area contributed by atoms with Crippen LogP contribution in [0.2, 0.25) is 0 Å². The second-order valence-electron chi connectivity index (χ2n) is 9.12. The summed E-state index contributed by atoms with van der Waals surface area (Å²) in [5, 5.41) is 0. The van der Waals surface area contributed by atoms with Crippen molar-refractivity contribution in [1.82, 2.24) is 9.80 Å². The van der Waals surface area contributed by atoms with Gasteiger partial charge in [0.05, 0.1) is 11.5 Å². The van der Waals surface area contributed by atoms with E-state index in [0.29, 0.717) is 13.1 Å². The lowest BCUT2D eigenvalue weighted by Gasteiger charge is -2.36. The molecule has 0 aromatic heterocycles. The van der Waals surface area contributed by atoms with Gasteiger partial charge in [-0.05, 0) is 31.7 Å². The van der Waals surface area contributed by atoms with E-state index in [4.69, 9.17) is 4.74 Å². The van der Waals surface area contributed by atoms with Crippen LogP contribution in [0.25, 0.3) is 0 Å². The van der Waals surface area contributed by atoms with E-state index in [1.54, 1.807) is 30.2 Å². The summed E-state index contributed by atoms with van der Waals surface area (Å²) in [5.74, 6) is -1.48. The number of piperidine rings is 1. The fraction of sp³-hybridized carbons (Fsp3) is 0.625. The predicted octanol–water partition coefficient (Wildman–Crippen LogP) is 3.18. The quantitative estimate of drug-likeness (QED) is 0.673. The molecule has 4 rings (SSSR count). The molecule has 3 aliphatic rings. The van der Waals surface area contributed by atoms with Gasteiger partial charge >= 0.3 is 0 Å². The van der Waals surface area contributed by atoms with E-state index in [2.05, 4.69) is 0 Å². The standard InChI is InChI=1S/C24H31FN2O4/c1-31-18-10-7-13-26(16-18)21(28)14-24(19-11-5-6-12-20(19)25)15-22(29)27(23(24)30)17-8-3-2-4-9-17/h5-6,11-12,17-18H,2-4,7-10,13-16H2,1H3/t18-,24-/m1/s1. The minimum Gasteiger partial charge on any atom is -0.380 e. The van der Waals surface area contributed by atoms with Crippen molar-refractivity contribution < 1.29 is 23.5 Å². The van der Waals surface area contributed by atoms with Gasteiger partial charge in [-0.1, -0.05) is 37.5 Å². The molecule has 1 aromatic carbocycles. The van der Waals surface area contributed by atoms with Crippen molar-refractivity contribution >= 4 is 17.7 Å². The Bertz CT molecular complexity index is 854. The number of nitrogens with zero attached hydrogens (tertiary/aromatic N) is 2. The first kappa shape index (κ1) is 21.9. The summed E-state index contributed by atoms with van der Waals surface area (Å²) in [7, 11) is 1.63. The van der Waals surface area contributed by atoms with Gasteiger partial charge < -0.3 is 9.64 Å². The Morgan fingerprint density at radius 3 is 2.58 bits per heavy atom. The number of imide groups is 1. The maximum atomic E-state index is 14.9. The third-order valence-electron chi connectivity index (χ3n) is 7.20. The van der Waals surface area contributed by atoms with Crippen LogP contribution < -0.4 is 0 Å². The number of amides is 3. The molecule has 31 heavy (non-hydrogen) atoms. The van der Waals surface area contributed by atoms with E-state index in [1.165, 1.54) is 11.0 Å². The highest BCUT2D eigenvalue weighted by Crippen LogP contribution is 2.43. The van der Waals surface area contributed by atoms with Crippen LogP contribution in [-0.2, 0) is 24.5 Å². The number of rotatable bonds is 5. The summed E-state index contributed by atoms with van der Waals surface area (Å²) in [4.78, 5) is 43.2. The number of likely N-dealkylation sites (tertiary alicyclic amines) is 2. The molecule has 1 aliphatic carbocycles. The summed E-state index contributed by atoms with van der Waals surface area (Å²) in [6, 6.07) is 5.91. The molecule has 0 bridgehead atoms. The van der Waals surface area contributed by atoms with E-state index in [9.17, 15) is 18.8 Å².